The van der Waals surface area contributed by atoms with Crippen LogP contribution < -0.4 is 5.32 Å². The van der Waals surface area contributed by atoms with Gasteiger partial charge in [-0.3, -0.25) is 0 Å². The molecule has 0 aliphatic heterocycles. The lowest BCUT2D eigenvalue weighted by Crippen LogP contribution is -2.44. The first-order valence-electron chi connectivity index (χ1n) is 5.55. The predicted octanol–water partition coefficient (Wildman–Crippen LogP) is 1.68. The molecule has 2 nitrogen and oxygen atoms in total. The molecular formula is C12H21NO. The van der Waals surface area contributed by atoms with E-state index in [1.165, 1.54) is 6.42 Å². The Labute approximate surface area is 87.1 Å². The van der Waals surface area contributed by atoms with Crippen molar-refractivity contribution < 1.29 is 5.11 Å². The Kier molecular flexibility index (Phi) is 4.44. The van der Waals surface area contributed by atoms with Gasteiger partial charge in [0.15, 0.2) is 0 Å². The minimum absolute atomic E-state index is 0.311. The highest BCUT2D eigenvalue weighted by Gasteiger charge is 2.28. The third-order valence-electron chi connectivity index (χ3n) is 2.99. The van der Waals surface area contributed by atoms with Crippen LogP contribution in [0.5, 0.6) is 0 Å². The average Bonchev–Trinajstić information content (AvgIpc) is 2.17. The van der Waals surface area contributed by atoms with E-state index in [0.717, 1.165) is 32.1 Å². The molecule has 1 fully saturated rings. The van der Waals surface area contributed by atoms with E-state index < -0.39 is 5.60 Å². The normalized spacial score (nSPS) is 22.6. The van der Waals surface area contributed by atoms with Gasteiger partial charge in [-0.05, 0) is 19.8 Å². The molecule has 0 aromatic carbocycles. The molecule has 0 bridgehead atoms. The van der Waals surface area contributed by atoms with Gasteiger partial charge in [0.2, 0.25) is 0 Å². The van der Waals surface area contributed by atoms with E-state index in [4.69, 9.17) is 6.42 Å². The van der Waals surface area contributed by atoms with Gasteiger partial charge in [0, 0.05) is 19.0 Å². The molecule has 0 saturated heterocycles. The summed E-state index contributed by atoms with van der Waals surface area (Å²) in [5.74, 6) is 2.62. The van der Waals surface area contributed by atoms with Gasteiger partial charge in [-0.15, -0.1) is 12.3 Å². The topological polar surface area (TPSA) is 32.3 Å². The number of terminal acetylenes is 1. The highest BCUT2D eigenvalue weighted by atomic mass is 16.3. The second kappa shape index (κ2) is 5.38. The fourth-order valence-electron chi connectivity index (χ4n) is 2.00. The molecule has 1 atom stereocenters. The summed E-state index contributed by atoms with van der Waals surface area (Å²) in [6.45, 7) is 2.75. The fraction of sp³-hybridized carbons (Fsp3) is 0.833. The summed E-state index contributed by atoms with van der Waals surface area (Å²) in [6.07, 6.45) is 11.4. The summed E-state index contributed by atoms with van der Waals surface area (Å²) >= 11 is 0. The van der Waals surface area contributed by atoms with Crippen LogP contribution >= 0.6 is 0 Å². The third-order valence-corrected chi connectivity index (χ3v) is 2.99. The van der Waals surface area contributed by atoms with Crippen LogP contribution in [0.1, 0.15) is 45.4 Å². The molecule has 1 saturated carbocycles. The van der Waals surface area contributed by atoms with E-state index in [2.05, 4.69) is 18.2 Å². The minimum atomic E-state index is -0.471. The second-order valence-electron chi connectivity index (χ2n) is 4.48. The molecule has 2 N–H and O–H groups in total. The molecule has 14 heavy (non-hydrogen) atoms. The van der Waals surface area contributed by atoms with E-state index in [9.17, 15) is 5.11 Å². The first-order valence-corrected chi connectivity index (χ1v) is 5.55. The van der Waals surface area contributed by atoms with E-state index in [1.807, 2.05) is 0 Å². The smallest absolute Gasteiger partial charge is 0.0771 e. The highest BCUT2D eigenvalue weighted by Crippen LogP contribution is 2.27. The van der Waals surface area contributed by atoms with Crippen molar-refractivity contribution in [1.29, 1.82) is 0 Å². The summed E-state index contributed by atoms with van der Waals surface area (Å²) < 4.78 is 0. The van der Waals surface area contributed by atoms with E-state index in [-0.39, 0.29) is 0 Å². The van der Waals surface area contributed by atoms with Crippen molar-refractivity contribution >= 4 is 0 Å². The van der Waals surface area contributed by atoms with Crippen molar-refractivity contribution in [3.63, 3.8) is 0 Å². The summed E-state index contributed by atoms with van der Waals surface area (Å²) in [6, 6.07) is 0.311. The number of hydrogen-bond acceptors (Lipinski definition) is 2. The predicted molar refractivity (Wildman–Crippen MR) is 58.9 cm³/mol. The lowest BCUT2D eigenvalue weighted by atomic mass is 9.85. The number of rotatable bonds is 4. The Bertz CT molecular complexity index is 201. The first-order chi connectivity index (χ1) is 6.66. The maximum Gasteiger partial charge on any atom is 0.0771 e. The Morgan fingerprint density at radius 3 is 2.64 bits per heavy atom. The van der Waals surface area contributed by atoms with Gasteiger partial charge in [-0.1, -0.05) is 19.3 Å². The molecule has 0 spiro atoms. The molecule has 0 aromatic heterocycles. The van der Waals surface area contributed by atoms with Gasteiger partial charge >= 0.3 is 0 Å². The van der Waals surface area contributed by atoms with Crippen molar-refractivity contribution in [3.05, 3.63) is 0 Å². The SMILES string of the molecule is C#CCC(C)NCC1(O)CCCCC1. The second-order valence-corrected chi connectivity index (χ2v) is 4.48. The van der Waals surface area contributed by atoms with Crippen LogP contribution in [-0.4, -0.2) is 23.3 Å². The quantitative estimate of drug-likeness (QED) is 0.669. The van der Waals surface area contributed by atoms with Crippen LogP contribution in [-0.2, 0) is 0 Å². The van der Waals surface area contributed by atoms with E-state index in [1.54, 1.807) is 0 Å². The van der Waals surface area contributed by atoms with Gasteiger partial charge in [-0.2, -0.15) is 0 Å². The van der Waals surface area contributed by atoms with Crippen molar-refractivity contribution in [2.24, 2.45) is 0 Å². The fourth-order valence-corrected chi connectivity index (χ4v) is 2.00. The average molecular weight is 195 g/mol. The molecule has 0 heterocycles. The lowest BCUT2D eigenvalue weighted by Gasteiger charge is -2.33. The molecule has 0 amide bonds. The molecule has 1 aliphatic rings. The number of nitrogens with one attached hydrogen (secondary N) is 1. The third kappa shape index (κ3) is 3.69. The van der Waals surface area contributed by atoms with Gasteiger partial charge in [0.1, 0.15) is 0 Å². The number of hydrogen-bond donors (Lipinski definition) is 2. The van der Waals surface area contributed by atoms with E-state index >= 15 is 0 Å². The van der Waals surface area contributed by atoms with E-state index in [0.29, 0.717) is 12.6 Å². The Morgan fingerprint density at radius 2 is 2.07 bits per heavy atom. The number of aliphatic hydroxyl groups is 1. The van der Waals surface area contributed by atoms with Gasteiger partial charge in [0.25, 0.3) is 0 Å². The highest BCUT2D eigenvalue weighted by molar-refractivity contribution is 4.90. The molecule has 0 radical (unpaired) electrons. The van der Waals surface area contributed by atoms with Crippen LogP contribution in [0, 0.1) is 12.3 Å². The summed E-state index contributed by atoms with van der Waals surface area (Å²) in [5.41, 5.74) is -0.471. The Morgan fingerprint density at radius 1 is 1.43 bits per heavy atom. The van der Waals surface area contributed by atoms with Crippen molar-refractivity contribution in [2.45, 2.75) is 57.1 Å². The molecular weight excluding hydrogens is 174 g/mol. The van der Waals surface area contributed by atoms with Crippen LogP contribution in [0.15, 0.2) is 0 Å². The minimum Gasteiger partial charge on any atom is -0.389 e. The van der Waals surface area contributed by atoms with Gasteiger partial charge in [0.05, 0.1) is 5.60 Å². The molecule has 0 aromatic rings. The lowest BCUT2D eigenvalue weighted by molar-refractivity contribution is 0.00316. The van der Waals surface area contributed by atoms with Gasteiger partial charge < -0.3 is 10.4 Å². The molecule has 1 unspecified atom stereocenters. The van der Waals surface area contributed by atoms with Crippen LogP contribution in [0.4, 0.5) is 0 Å². The standard InChI is InChI=1S/C12H21NO/c1-3-7-11(2)13-10-12(14)8-5-4-6-9-12/h1,11,13-14H,4-10H2,2H3. The van der Waals surface area contributed by atoms with Gasteiger partial charge in [-0.25, -0.2) is 0 Å². The molecule has 1 aliphatic carbocycles. The van der Waals surface area contributed by atoms with Crippen LogP contribution in [0.25, 0.3) is 0 Å². The molecule has 2 heteroatoms. The maximum atomic E-state index is 10.2. The first kappa shape index (κ1) is 11.6. The van der Waals surface area contributed by atoms with Crippen LogP contribution in [0.3, 0.4) is 0 Å². The molecule has 80 valence electrons. The Balaban J connectivity index is 2.25. The van der Waals surface area contributed by atoms with Crippen molar-refractivity contribution in [1.82, 2.24) is 5.32 Å². The zero-order chi connectivity index (χ0) is 10.4. The maximum absolute atomic E-state index is 10.2. The zero-order valence-electron chi connectivity index (χ0n) is 9.05. The monoisotopic (exact) mass is 195 g/mol. The van der Waals surface area contributed by atoms with Crippen LogP contribution in [0.2, 0.25) is 0 Å². The molecule has 1 rings (SSSR count). The largest absolute Gasteiger partial charge is 0.389 e. The summed E-state index contributed by atoms with van der Waals surface area (Å²) in [5, 5.41) is 13.5. The van der Waals surface area contributed by atoms with Crippen molar-refractivity contribution in [2.75, 3.05) is 6.54 Å². The van der Waals surface area contributed by atoms with Crippen molar-refractivity contribution in [3.8, 4) is 12.3 Å². The summed E-state index contributed by atoms with van der Waals surface area (Å²) in [7, 11) is 0. The Hall–Kier alpha value is -0.520. The summed E-state index contributed by atoms with van der Waals surface area (Å²) in [4.78, 5) is 0. The zero-order valence-corrected chi connectivity index (χ0v) is 9.05.